The van der Waals surface area contributed by atoms with E-state index in [1.54, 1.807) is 0 Å². The molecule has 0 bridgehead atoms. The Hall–Kier alpha value is -2.68. The number of thiazole rings is 1. The number of carbonyl (C=O) groups excluding carboxylic acids is 1. The van der Waals surface area contributed by atoms with E-state index in [1.165, 1.54) is 17.5 Å². The van der Waals surface area contributed by atoms with Crippen molar-refractivity contribution in [1.29, 1.82) is 0 Å². The fourth-order valence-electron chi connectivity index (χ4n) is 1.69. The number of anilines is 1. The molecule has 0 fully saturated rings. The second-order valence-corrected chi connectivity index (χ2v) is 6.70. The van der Waals surface area contributed by atoms with Crippen LogP contribution in [0.1, 0.15) is 31.3 Å². The van der Waals surface area contributed by atoms with Crippen molar-refractivity contribution in [2.45, 2.75) is 26.3 Å². The first-order valence-corrected chi connectivity index (χ1v) is 7.77. The summed E-state index contributed by atoms with van der Waals surface area (Å²) in [7, 11) is 0. The van der Waals surface area contributed by atoms with Gasteiger partial charge in [0, 0.05) is 17.0 Å². The first kappa shape index (κ1) is 17.7. The summed E-state index contributed by atoms with van der Waals surface area (Å²) in [6.45, 7) is 5.55. The molecule has 0 atom stereocenters. The molecule has 7 nitrogen and oxygen atoms in total. The molecule has 3 N–H and O–H groups in total. The summed E-state index contributed by atoms with van der Waals surface area (Å²) in [5.41, 5.74) is -0.369. The maximum Gasteiger partial charge on any atom is 0.409 e. The van der Waals surface area contributed by atoms with Gasteiger partial charge in [0.05, 0.1) is 5.69 Å². The van der Waals surface area contributed by atoms with E-state index in [2.05, 4.69) is 10.3 Å². The fourth-order valence-corrected chi connectivity index (χ4v) is 2.36. The van der Waals surface area contributed by atoms with Gasteiger partial charge in [0.25, 0.3) is 11.1 Å². The fraction of sp³-hybridized carbons (Fsp3) is 0.267. The summed E-state index contributed by atoms with van der Waals surface area (Å²) in [6.07, 6.45) is -1.36. The Morgan fingerprint density at radius 3 is 2.62 bits per heavy atom. The molecule has 0 saturated carbocycles. The Kier molecular flexibility index (Phi) is 5.03. The summed E-state index contributed by atoms with van der Waals surface area (Å²) >= 11 is 1.09. The number of carboxylic acid groups (broad SMARTS) is 1. The monoisotopic (exact) mass is 353 g/mol. The minimum absolute atomic E-state index is 0.139. The van der Waals surface area contributed by atoms with Gasteiger partial charge in [-0.2, -0.15) is 4.98 Å². The zero-order valence-corrected chi connectivity index (χ0v) is 14.0. The van der Waals surface area contributed by atoms with Gasteiger partial charge in [0.1, 0.15) is 11.4 Å². The van der Waals surface area contributed by atoms with Crippen LogP contribution in [0.2, 0.25) is 0 Å². The van der Waals surface area contributed by atoms with Crippen LogP contribution in [0.4, 0.5) is 14.9 Å². The minimum atomic E-state index is -1.36. The first-order chi connectivity index (χ1) is 11.1. The number of nitrogens with zero attached hydrogens (tertiary/aromatic N) is 1. The predicted molar refractivity (Wildman–Crippen MR) is 87.5 cm³/mol. The van der Waals surface area contributed by atoms with Gasteiger partial charge >= 0.3 is 6.09 Å². The number of ether oxygens (including phenoxy) is 1. The van der Waals surface area contributed by atoms with Crippen LogP contribution in [0.15, 0.2) is 23.6 Å². The average molecular weight is 353 g/mol. The molecule has 0 unspecified atom stereocenters. The van der Waals surface area contributed by atoms with Crippen molar-refractivity contribution in [3.05, 3.63) is 35.1 Å². The normalized spacial score (nSPS) is 11.0. The largest absolute Gasteiger partial charge is 0.465 e. The topological polar surface area (TPSA) is 101 Å². The number of amides is 2. The minimum Gasteiger partial charge on any atom is -0.465 e. The number of rotatable bonds is 4. The molecule has 2 rings (SSSR count). The Labute approximate surface area is 141 Å². The lowest BCUT2D eigenvalue weighted by Crippen LogP contribution is -2.40. The van der Waals surface area contributed by atoms with Crippen LogP contribution in [0.25, 0.3) is 0 Å². The Balaban J connectivity index is 2.08. The highest BCUT2D eigenvalue weighted by Crippen LogP contribution is 2.28. The lowest BCUT2D eigenvalue weighted by molar-refractivity contribution is 0.0914. The van der Waals surface area contributed by atoms with Gasteiger partial charge in [-0.3, -0.25) is 10.1 Å². The second kappa shape index (κ2) is 6.83. The second-order valence-electron chi connectivity index (χ2n) is 5.88. The maximum absolute atomic E-state index is 13.7. The average Bonchev–Trinajstić information content (AvgIpc) is 2.88. The molecule has 2 aromatic rings. The molecular weight excluding hydrogens is 337 g/mol. The van der Waals surface area contributed by atoms with E-state index in [9.17, 15) is 14.0 Å². The van der Waals surface area contributed by atoms with Crippen molar-refractivity contribution in [1.82, 2.24) is 10.3 Å². The number of nitrogens with one attached hydrogen (secondary N) is 2. The third kappa shape index (κ3) is 4.92. The Bertz CT molecular complexity index is 770. The summed E-state index contributed by atoms with van der Waals surface area (Å²) in [5.74, 6) is -0.974. The van der Waals surface area contributed by atoms with E-state index in [0.29, 0.717) is 0 Å². The number of halogens is 1. The number of benzene rings is 1. The van der Waals surface area contributed by atoms with Gasteiger partial charge in [-0.15, -0.1) is 0 Å². The van der Waals surface area contributed by atoms with Crippen LogP contribution in [0.5, 0.6) is 10.9 Å². The van der Waals surface area contributed by atoms with Crippen molar-refractivity contribution in [2.75, 3.05) is 5.32 Å². The zero-order chi connectivity index (χ0) is 17.9. The SMILES string of the molecule is CC(C)(C)NC(=O)c1csc(Oc2ccc(NC(=O)O)c(F)c2)n1. The summed E-state index contributed by atoms with van der Waals surface area (Å²) in [5, 5.41) is 15.0. The molecule has 1 aromatic heterocycles. The quantitative estimate of drug-likeness (QED) is 0.778. The van der Waals surface area contributed by atoms with E-state index in [-0.39, 0.29) is 28.2 Å². The molecule has 9 heteroatoms. The van der Waals surface area contributed by atoms with Crippen LogP contribution in [-0.2, 0) is 0 Å². The summed E-state index contributed by atoms with van der Waals surface area (Å²) in [6, 6.07) is 3.66. The van der Waals surface area contributed by atoms with Gasteiger partial charge in [0.2, 0.25) is 0 Å². The molecular formula is C15H16FN3O4S. The Morgan fingerprint density at radius 2 is 2.04 bits per heavy atom. The van der Waals surface area contributed by atoms with Gasteiger partial charge < -0.3 is 15.2 Å². The van der Waals surface area contributed by atoms with Crippen LogP contribution in [-0.4, -0.2) is 27.6 Å². The molecule has 1 heterocycles. The molecule has 0 saturated heterocycles. The molecule has 128 valence electrons. The smallest absolute Gasteiger partial charge is 0.409 e. The van der Waals surface area contributed by atoms with Crippen molar-refractivity contribution in [2.24, 2.45) is 0 Å². The third-order valence-electron chi connectivity index (χ3n) is 2.59. The number of carbonyl (C=O) groups is 2. The van der Waals surface area contributed by atoms with Gasteiger partial charge in [0.15, 0.2) is 5.82 Å². The van der Waals surface area contributed by atoms with Gasteiger partial charge in [-0.25, -0.2) is 9.18 Å². The molecule has 24 heavy (non-hydrogen) atoms. The van der Waals surface area contributed by atoms with Crippen LogP contribution in [0.3, 0.4) is 0 Å². The lowest BCUT2D eigenvalue weighted by atomic mass is 10.1. The number of hydrogen-bond acceptors (Lipinski definition) is 5. The standard InChI is InChI=1S/C15H16FN3O4S/c1-15(2,3)19-12(20)11-7-24-14(18-11)23-8-4-5-10(9(16)6-8)17-13(21)22/h4-7,17H,1-3H3,(H,19,20)(H,21,22). The highest BCUT2D eigenvalue weighted by molar-refractivity contribution is 7.11. The summed E-state index contributed by atoms with van der Waals surface area (Å²) < 4.78 is 19.1. The highest BCUT2D eigenvalue weighted by Gasteiger charge is 2.18. The molecule has 0 aliphatic heterocycles. The van der Waals surface area contributed by atoms with Gasteiger partial charge in [-0.1, -0.05) is 11.3 Å². The van der Waals surface area contributed by atoms with Crippen molar-refractivity contribution in [3.8, 4) is 10.9 Å². The van der Waals surface area contributed by atoms with Crippen LogP contribution >= 0.6 is 11.3 Å². The van der Waals surface area contributed by atoms with Gasteiger partial charge in [-0.05, 0) is 32.9 Å². The third-order valence-corrected chi connectivity index (χ3v) is 3.31. The molecule has 0 radical (unpaired) electrons. The lowest BCUT2D eigenvalue weighted by Gasteiger charge is -2.19. The van der Waals surface area contributed by atoms with E-state index < -0.39 is 17.4 Å². The number of hydrogen-bond donors (Lipinski definition) is 3. The molecule has 0 spiro atoms. The van der Waals surface area contributed by atoms with E-state index in [4.69, 9.17) is 9.84 Å². The van der Waals surface area contributed by atoms with E-state index in [1.807, 2.05) is 26.1 Å². The predicted octanol–water partition coefficient (Wildman–Crippen LogP) is 3.69. The van der Waals surface area contributed by atoms with Crippen LogP contribution in [0, 0.1) is 5.82 Å². The molecule has 2 amide bonds. The van der Waals surface area contributed by atoms with Crippen molar-refractivity contribution in [3.63, 3.8) is 0 Å². The zero-order valence-electron chi connectivity index (χ0n) is 13.2. The molecule has 1 aromatic carbocycles. The molecule has 0 aliphatic rings. The Morgan fingerprint density at radius 1 is 1.33 bits per heavy atom. The van der Waals surface area contributed by atoms with E-state index >= 15 is 0 Å². The number of aromatic nitrogens is 1. The summed E-state index contributed by atoms with van der Waals surface area (Å²) in [4.78, 5) is 26.5. The van der Waals surface area contributed by atoms with Crippen molar-refractivity contribution >= 4 is 29.0 Å². The van der Waals surface area contributed by atoms with Crippen molar-refractivity contribution < 1.29 is 23.8 Å². The first-order valence-electron chi connectivity index (χ1n) is 6.89. The molecule has 0 aliphatic carbocycles. The maximum atomic E-state index is 13.7. The van der Waals surface area contributed by atoms with Crippen LogP contribution < -0.4 is 15.4 Å². The highest BCUT2D eigenvalue weighted by atomic mass is 32.1. The van der Waals surface area contributed by atoms with E-state index in [0.717, 1.165) is 17.4 Å².